The Morgan fingerprint density at radius 2 is 1.40 bits per heavy atom. The SMILES string of the molecule is CCCCCCCCCC(O)CCCCl. The van der Waals surface area contributed by atoms with Crippen molar-refractivity contribution in [3.05, 3.63) is 0 Å². The Morgan fingerprint density at radius 1 is 0.867 bits per heavy atom. The van der Waals surface area contributed by atoms with E-state index in [-0.39, 0.29) is 6.10 Å². The maximum absolute atomic E-state index is 9.56. The highest BCUT2D eigenvalue weighted by Crippen LogP contribution is 2.11. The number of rotatable bonds is 11. The molecule has 1 N–H and O–H groups in total. The highest BCUT2D eigenvalue weighted by atomic mass is 35.5. The lowest BCUT2D eigenvalue weighted by molar-refractivity contribution is 0.150. The van der Waals surface area contributed by atoms with E-state index in [1.807, 2.05) is 0 Å². The molecule has 0 aromatic heterocycles. The summed E-state index contributed by atoms with van der Waals surface area (Å²) < 4.78 is 0. The van der Waals surface area contributed by atoms with Crippen molar-refractivity contribution in [3.8, 4) is 0 Å². The van der Waals surface area contributed by atoms with Gasteiger partial charge in [0.05, 0.1) is 6.10 Å². The Bertz CT molecular complexity index is 117. The van der Waals surface area contributed by atoms with Crippen LogP contribution < -0.4 is 0 Å². The first-order chi connectivity index (χ1) is 7.31. The molecule has 92 valence electrons. The van der Waals surface area contributed by atoms with Crippen molar-refractivity contribution >= 4 is 11.6 Å². The van der Waals surface area contributed by atoms with Crippen molar-refractivity contribution in [2.75, 3.05) is 5.88 Å². The van der Waals surface area contributed by atoms with Crippen LogP contribution in [0.2, 0.25) is 0 Å². The highest BCUT2D eigenvalue weighted by Gasteiger charge is 2.02. The highest BCUT2D eigenvalue weighted by molar-refractivity contribution is 6.17. The average molecular weight is 235 g/mol. The van der Waals surface area contributed by atoms with E-state index in [0.717, 1.165) is 19.3 Å². The van der Waals surface area contributed by atoms with E-state index in [1.165, 1.54) is 44.9 Å². The van der Waals surface area contributed by atoms with E-state index in [2.05, 4.69) is 6.92 Å². The minimum atomic E-state index is -0.112. The lowest BCUT2D eigenvalue weighted by Gasteiger charge is -2.08. The van der Waals surface area contributed by atoms with Crippen LogP contribution in [0.5, 0.6) is 0 Å². The molecule has 2 heteroatoms. The molecule has 0 aliphatic heterocycles. The predicted octanol–water partition coefficient (Wildman–Crippen LogP) is 4.51. The molecule has 1 atom stereocenters. The summed E-state index contributed by atoms with van der Waals surface area (Å²) in [5.74, 6) is 0.675. The zero-order chi connectivity index (χ0) is 11.4. The van der Waals surface area contributed by atoms with Crippen molar-refractivity contribution in [1.29, 1.82) is 0 Å². The lowest BCUT2D eigenvalue weighted by Crippen LogP contribution is -2.06. The first kappa shape index (κ1) is 15.2. The molecule has 0 amide bonds. The van der Waals surface area contributed by atoms with Crippen LogP contribution in [0.15, 0.2) is 0 Å². The summed E-state index contributed by atoms with van der Waals surface area (Å²) in [6.07, 6.45) is 11.9. The number of hydrogen-bond donors (Lipinski definition) is 1. The summed E-state index contributed by atoms with van der Waals surface area (Å²) in [6.45, 7) is 2.24. The van der Waals surface area contributed by atoms with Crippen LogP contribution in [0, 0.1) is 0 Å². The van der Waals surface area contributed by atoms with Crippen LogP contribution in [0.4, 0.5) is 0 Å². The molecular weight excluding hydrogens is 208 g/mol. The summed E-state index contributed by atoms with van der Waals surface area (Å²) in [6, 6.07) is 0. The van der Waals surface area contributed by atoms with Crippen LogP contribution in [-0.4, -0.2) is 17.1 Å². The van der Waals surface area contributed by atoms with Gasteiger partial charge in [-0.1, -0.05) is 51.9 Å². The molecule has 0 aromatic carbocycles. The van der Waals surface area contributed by atoms with Gasteiger partial charge in [-0.15, -0.1) is 11.6 Å². The molecule has 15 heavy (non-hydrogen) atoms. The number of aliphatic hydroxyl groups excluding tert-OH is 1. The fourth-order valence-electron chi connectivity index (χ4n) is 1.79. The molecule has 0 bridgehead atoms. The van der Waals surface area contributed by atoms with Crippen LogP contribution in [0.3, 0.4) is 0 Å². The molecular formula is C13H27ClO. The summed E-state index contributed by atoms with van der Waals surface area (Å²) in [5, 5.41) is 9.56. The molecule has 0 aliphatic carbocycles. The number of aliphatic hydroxyl groups is 1. The Kier molecular flexibility index (Phi) is 12.5. The van der Waals surface area contributed by atoms with Gasteiger partial charge in [-0.3, -0.25) is 0 Å². The van der Waals surface area contributed by atoms with Crippen molar-refractivity contribution in [2.45, 2.75) is 77.2 Å². The van der Waals surface area contributed by atoms with E-state index in [9.17, 15) is 5.11 Å². The largest absolute Gasteiger partial charge is 0.393 e. The molecule has 0 spiro atoms. The van der Waals surface area contributed by atoms with Crippen molar-refractivity contribution < 1.29 is 5.11 Å². The Labute approximate surface area is 100 Å². The summed E-state index contributed by atoms with van der Waals surface area (Å²) in [4.78, 5) is 0. The van der Waals surface area contributed by atoms with Crippen molar-refractivity contribution in [1.82, 2.24) is 0 Å². The van der Waals surface area contributed by atoms with Gasteiger partial charge in [-0.2, -0.15) is 0 Å². The molecule has 0 aromatic rings. The smallest absolute Gasteiger partial charge is 0.0540 e. The Hall–Kier alpha value is 0.250. The summed E-state index contributed by atoms with van der Waals surface area (Å²) in [7, 11) is 0. The monoisotopic (exact) mass is 234 g/mol. The standard InChI is InChI=1S/C13H27ClO/c1-2-3-4-5-6-7-8-10-13(15)11-9-12-14/h13,15H,2-12H2,1H3. The second-order valence-corrected chi connectivity index (χ2v) is 4.77. The molecule has 0 rings (SSSR count). The van der Waals surface area contributed by atoms with Crippen LogP contribution >= 0.6 is 11.6 Å². The van der Waals surface area contributed by atoms with Crippen molar-refractivity contribution in [2.24, 2.45) is 0 Å². The van der Waals surface area contributed by atoms with Crippen LogP contribution in [0.25, 0.3) is 0 Å². The van der Waals surface area contributed by atoms with Gasteiger partial charge in [0.1, 0.15) is 0 Å². The normalized spacial score (nSPS) is 13.0. The van der Waals surface area contributed by atoms with E-state index < -0.39 is 0 Å². The van der Waals surface area contributed by atoms with Crippen LogP contribution in [-0.2, 0) is 0 Å². The second kappa shape index (κ2) is 12.3. The Balaban J connectivity index is 3.02. The average Bonchev–Trinajstić information content (AvgIpc) is 2.25. The minimum absolute atomic E-state index is 0.112. The third kappa shape index (κ3) is 12.2. The third-order valence-electron chi connectivity index (χ3n) is 2.81. The van der Waals surface area contributed by atoms with Gasteiger partial charge in [0.25, 0.3) is 0 Å². The van der Waals surface area contributed by atoms with Gasteiger partial charge in [0.2, 0.25) is 0 Å². The third-order valence-corrected chi connectivity index (χ3v) is 3.08. The molecule has 0 saturated carbocycles. The van der Waals surface area contributed by atoms with Gasteiger partial charge in [-0.05, 0) is 19.3 Å². The van der Waals surface area contributed by atoms with E-state index in [0.29, 0.717) is 5.88 Å². The first-order valence-corrected chi connectivity index (χ1v) is 7.08. The number of halogens is 1. The van der Waals surface area contributed by atoms with Gasteiger partial charge in [0, 0.05) is 5.88 Å². The minimum Gasteiger partial charge on any atom is -0.393 e. The van der Waals surface area contributed by atoms with Gasteiger partial charge < -0.3 is 5.11 Å². The molecule has 1 unspecified atom stereocenters. The van der Waals surface area contributed by atoms with E-state index >= 15 is 0 Å². The maximum atomic E-state index is 9.56. The molecule has 1 nitrogen and oxygen atoms in total. The first-order valence-electron chi connectivity index (χ1n) is 6.55. The summed E-state index contributed by atoms with van der Waals surface area (Å²) >= 11 is 5.57. The van der Waals surface area contributed by atoms with Gasteiger partial charge in [0.15, 0.2) is 0 Å². The topological polar surface area (TPSA) is 20.2 Å². The Morgan fingerprint density at radius 3 is 2.00 bits per heavy atom. The summed E-state index contributed by atoms with van der Waals surface area (Å²) in [5.41, 5.74) is 0. The maximum Gasteiger partial charge on any atom is 0.0540 e. The number of unbranched alkanes of at least 4 members (excludes halogenated alkanes) is 6. The van der Waals surface area contributed by atoms with Gasteiger partial charge >= 0.3 is 0 Å². The van der Waals surface area contributed by atoms with Crippen LogP contribution in [0.1, 0.15) is 71.1 Å². The molecule has 0 saturated heterocycles. The second-order valence-electron chi connectivity index (χ2n) is 4.40. The van der Waals surface area contributed by atoms with Gasteiger partial charge in [-0.25, -0.2) is 0 Å². The zero-order valence-corrected chi connectivity index (χ0v) is 10.9. The molecule has 0 heterocycles. The van der Waals surface area contributed by atoms with E-state index in [4.69, 9.17) is 11.6 Å². The van der Waals surface area contributed by atoms with E-state index in [1.54, 1.807) is 0 Å². The molecule has 0 radical (unpaired) electrons. The number of hydrogen-bond acceptors (Lipinski definition) is 1. The fraction of sp³-hybridized carbons (Fsp3) is 1.00. The zero-order valence-electron chi connectivity index (χ0n) is 10.2. The lowest BCUT2D eigenvalue weighted by atomic mass is 10.0. The van der Waals surface area contributed by atoms with Crippen molar-refractivity contribution in [3.63, 3.8) is 0 Å². The molecule has 0 aliphatic rings. The predicted molar refractivity (Wildman–Crippen MR) is 68.6 cm³/mol. The molecule has 0 fully saturated rings. The quantitative estimate of drug-likeness (QED) is 0.412. The fourth-order valence-corrected chi connectivity index (χ4v) is 1.95. The number of alkyl halides is 1.